The third-order valence-electron chi connectivity index (χ3n) is 5.70. The van der Waals surface area contributed by atoms with Gasteiger partial charge < -0.3 is 10.2 Å². The van der Waals surface area contributed by atoms with Crippen LogP contribution in [0.3, 0.4) is 0 Å². The number of nitrogens with one attached hydrogen (secondary N) is 1. The molecular weight excluding hydrogens is 407 g/mol. The summed E-state index contributed by atoms with van der Waals surface area (Å²) in [6, 6.07) is 7.29. The number of aromatic nitrogens is 4. The summed E-state index contributed by atoms with van der Waals surface area (Å²) in [5, 5.41) is 3.82. The standard InChI is InChI=1S/C21H18ClFN6O/c22-13-7-26-21(27-8-13)28-17-5-12-6-18(17)29(11-12)20(30)16-4-2-1-3-15(16)19-24-9-14(23)10-25-19/h1-4,7-10,12,17-18H,5-6,11H2,(H,26,27,28)/t12-,17+,18-/m0/s1. The number of amides is 1. The fourth-order valence-electron chi connectivity index (χ4n) is 4.44. The Bertz CT molecular complexity index is 1080. The molecule has 1 N–H and O–H groups in total. The molecule has 30 heavy (non-hydrogen) atoms. The Morgan fingerprint density at radius 2 is 1.80 bits per heavy atom. The number of hydrogen-bond acceptors (Lipinski definition) is 6. The lowest BCUT2D eigenvalue weighted by Gasteiger charge is -2.34. The number of hydrogen-bond donors (Lipinski definition) is 1. The highest BCUT2D eigenvalue weighted by molar-refractivity contribution is 6.30. The van der Waals surface area contributed by atoms with Crippen LogP contribution in [-0.2, 0) is 0 Å². The van der Waals surface area contributed by atoms with Crippen molar-refractivity contribution in [3.8, 4) is 11.4 Å². The van der Waals surface area contributed by atoms with E-state index in [0.717, 1.165) is 25.2 Å². The van der Waals surface area contributed by atoms with E-state index in [-0.39, 0.29) is 18.0 Å². The van der Waals surface area contributed by atoms with E-state index in [9.17, 15) is 9.18 Å². The van der Waals surface area contributed by atoms with E-state index in [1.54, 1.807) is 24.5 Å². The van der Waals surface area contributed by atoms with Crippen LogP contribution in [0.5, 0.6) is 0 Å². The smallest absolute Gasteiger partial charge is 0.254 e. The van der Waals surface area contributed by atoms with Gasteiger partial charge in [-0.3, -0.25) is 4.79 Å². The van der Waals surface area contributed by atoms with Crippen molar-refractivity contribution in [3.05, 3.63) is 65.5 Å². The molecule has 0 spiro atoms. The second-order valence-corrected chi connectivity index (χ2v) is 8.04. The Hall–Kier alpha value is -3.13. The largest absolute Gasteiger partial charge is 0.349 e. The van der Waals surface area contributed by atoms with Gasteiger partial charge in [0.05, 0.1) is 41.4 Å². The van der Waals surface area contributed by atoms with Crippen LogP contribution in [0.2, 0.25) is 5.02 Å². The molecule has 7 nitrogen and oxygen atoms in total. The first kappa shape index (κ1) is 18.9. The fourth-order valence-corrected chi connectivity index (χ4v) is 4.53. The molecule has 3 heterocycles. The van der Waals surface area contributed by atoms with Gasteiger partial charge in [0.1, 0.15) is 0 Å². The molecule has 2 fully saturated rings. The molecule has 1 saturated carbocycles. The molecule has 1 aromatic carbocycles. The monoisotopic (exact) mass is 424 g/mol. The van der Waals surface area contributed by atoms with Gasteiger partial charge in [0.15, 0.2) is 11.6 Å². The molecule has 2 bridgehead atoms. The summed E-state index contributed by atoms with van der Waals surface area (Å²) in [6.07, 6.45) is 7.20. The Labute approximate surface area is 177 Å². The first-order valence-electron chi connectivity index (χ1n) is 9.70. The molecule has 1 saturated heterocycles. The molecule has 1 amide bonds. The van der Waals surface area contributed by atoms with E-state index >= 15 is 0 Å². The zero-order valence-electron chi connectivity index (χ0n) is 15.9. The lowest BCUT2D eigenvalue weighted by molar-refractivity contribution is 0.0692. The van der Waals surface area contributed by atoms with Gasteiger partial charge in [-0.1, -0.05) is 29.8 Å². The summed E-state index contributed by atoms with van der Waals surface area (Å²) in [7, 11) is 0. The van der Waals surface area contributed by atoms with Crippen LogP contribution in [0.1, 0.15) is 23.2 Å². The quantitative estimate of drug-likeness (QED) is 0.690. The van der Waals surface area contributed by atoms with E-state index < -0.39 is 5.82 Å². The second-order valence-electron chi connectivity index (χ2n) is 7.61. The van der Waals surface area contributed by atoms with Crippen LogP contribution in [0, 0.1) is 11.7 Å². The zero-order valence-corrected chi connectivity index (χ0v) is 16.6. The van der Waals surface area contributed by atoms with E-state index in [1.807, 2.05) is 17.0 Å². The van der Waals surface area contributed by atoms with Crippen molar-refractivity contribution in [2.45, 2.75) is 24.9 Å². The number of halogens is 2. The van der Waals surface area contributed by atoms with Gasteiger partial charge >= 0.3 is 0 Å². The van der Waals surface area contributed by atoms with E-state index in [1.165, 1.54) is 0 Å². The number of fused-ring (bicyclic) bond motifs is 2. The molecule has 2 aliphatic rings. The van der Waals surface area contributed by atoms with Gasteiger partial charge in [0.25, 0.3) is 5.91 Å². The van der Waals surface area contributed by atoms with Gasteiger partial charge in [0, 0.05) is 18.2 Å². The summed E-state index contributed by atoms with van der Waals surface area (Å²) in [4.78, 5) is 31.9. The molecule has 1 aliphatic heterocycles. The maximum atomic E-state index is 13.5. The minimum Gasteiger partial charge on any atom is -0.349 e. The molecule has 2 aromatic heterocycles. The maximum absolute atomic E-state index is 13.5. The summed E-state index contributed by atoms with van der Waals surface area (Å²) in [5.41, 5.74) is 1.11. The minimum absolute atomic E-state index is 0.0453. The van der Waals surface area contributed by atoms with Crippen LogP contribution in [0.25, 0.3) is 11.4 Å². The Morgan fingerprint density at radius 1 is 1.07 bits per heavy atom. The van der Waals surface area contributed by atoms with Gasteiger partial charge in [-0.2, -0.15) is 0 Å². The van der Waals surface area contributed by atoms with Gasteiger partial charge in [-0.25, -0.2) is 24.3 Å². The lowest BCUT2D eigenvalue weighted by atomic mass is 10.0. The predicted molar refractivity (Wildman–Crippen MR) is 109 cm³/mol. The Kier molecular flexibility index (Phi) is 4.78. The average Bonchev–Trinajstić information content (AvgIpc) is 3.36. The minimum atomic E-state index is -0.516. The van der Waals surface area contributed by atoms with Crippen molar-refractivity contribution in [3.63, 3.8) is 0 Å². The van der Waals surface area contributed by atoms with E-state index in [2.05, 4.69) is 25.3 Å². The van der Waals surface area contributed by atoms with Crippen LogP contribution < -0.4 is 5.32 Å². The highest BCUT2D eigenvalue weighted by Gasteiger charge is 2.47. The topological polar surface area (TPSA) is 83.9 Å². The molecule has 1 aliphatic carbocycles. The number of likely N-dealkylation sites (tertiary alicyclic amines) is 1. The lowest BCUT2D eigenvalue weighted by Crippen LogP contribution is -2.48. The van der Waals surface area contributed by atoms with Crippen molar-refractivity contribution in [1.82, 2.24) is 24.8 Å². The van der Waals surface area contributed by atoms with Crippen molar-refractivity contribution in [2.24, 2.45) is 5.92 Å². The summed E-state index contributed by atoms with van der Waals surface area (Å²) in [6.45, 7) is 0.710. The van der Waals surface area contributed by atoms with Gasteiger partial charge in [0.2, 0.25) is 5.95 Å². The van der Waals surface area contributed by atoms with Crippen LogP contribution >= 0.6 is 11.6 Å². The fraction of sp³-hybridized carbons (Fsp3) is 0.286. The van der Waals surface area contributed by atoms with E-state index in [0.29, 0.717) is 40.4 Å². The summed E-state index contributed by atoms with van der Waals surface area (Å²) < 4.78 is 13.2. The highest BCUT2D eigenvalue weighted by Crippen LogP contribution is 2.40. The SMILES string of the molecule is O=C(c1ccccc1-c1ncc(F)cn1)N1C[C@H]2C[C@@H](Nc3ncc(Cl)cn3)[C@@H]1C2. The first-order valence-corrected chi connectivity index (χ1v) is 10.1. The number of benzene rings is 1. The molecule has 3 aromatic rings. The van der Waals surface area contributed by atoms with Gasteiger partial charge in [-0.15, -0.1) is 0 Å². The van der Waals surface area contributed by atoms with E-state index in [4.69, 9.17) is 11.6 Å². The molecule has 9 heteroatoms. The molecule has 152 valence electrons. The third kappa shape index (κ3) is 3.47. The van der Waals surface area contributed by atoms with Crippen molar-refractivity contribution >= 4 is 23.5 Å². The predicted octanol–water partition coefficient (Wildman–Crippen LogP) is 3.44. The summed E-state index contributed by atoms with van der Waals surface area (Å²) in [5.74, 6) is 0.670. The first-order chi connectivity index (χ1) is 14.6. The highest BCUT2D eigenvalue weighted by atomic mass is 35.5. The average molecular weight is 425 g/mol. The van der Waals surface area contributed by atoms with Crippen molar-refractivity contribution in [2.75, 3.05) is 11.9 Å². The number of carbonyl (C=O) groups excluding carboxylic acids is 1. The maximum Gasteiger partial charge on any atom is 0.254 e. The van der Waals surface area contributed by atoms with Crippen molar-refractivity contribution in [1.29, 1.82) is 0 Å². The zero-order chi connectivity index (χ0) is 20.7. The molecule has 0 unspecified atom stereocenters. The third-order valence-corrected chi connectivity index (χ3v) is 5.89. The number of rotatable bonds is 4. The second kappa shape index (κ2) is 7.60. The summed E-state index contributed by atoms with van der Waals surface area (Å²) >= 11 is 5.86. The van der Waals surface area contributed by atoms with Gasteiger partial charge in [-0.05, 0) is 24.8 Å². The Balaban J connectivity index is 1.39. The van der Waals surface area contributed by atoms with Crippen molar-refractivity contribution < 1.29 is 9.18 Å². The Morgan fingerprint density at radius 3 is 2.53 bits per heavy atom. The number of anilines is 1. The number of piperidine rings is 1. The van der Waals surface area contributed by atoms with Crippen LogP contribution in [0.4, 0.5) is 10.3 Å². The molecule has 0 radical (unpaired) electrons. The van der Waals surface area contributed by atoms with Crippen LogP contribution in [-0.4, -0.2) is 49.4 Å². The number of carbonyl (C=O) groups is 1. The molecule has 3 atom stereocenters. The molecular formula is C21H18ClFN6O. The van der Waals surface area contributed by atoms with Crippen LogP contribution in [0.15, 0.2) is 49.1 Å². The molecule has 5 rings (SSSR count). The normalized spacial score (nSPS) is 22.3. The number of nitrogens with zero attached hydrogens (tertiary/aromatic N) is 5.